The molecule has 7 nitrogen and oxygen atoms in total. The standard InChI is InChI=1S/C26H26ClFN6O/c1-15-23-24(29-16(2)30-25(23)34(33-15)22-10-6-4-8-20(22)27)31-17-11-13-18(14-12-17)32-26(35)19-7-3-5-9-21(19)28/h3-10,17-18H,11-14H2,1-2H3,(H,32,35)(H,29,30,31). The Hall–Kier alpha value is -3.52. The van der Waals surface area contributed by atoms with Gasteiger partial charge in [0.05, 0.1) is 27.4 Å². The van der Waals surface area contributed by atoms with Crippen LogP contribution in [0, 0.1) is 19.7 Å². The number of para-hydroxylation sites is 1. The Morgan fingerprint density at radius 1 is 1.00 bits per heavy atom. The lowest BCUT2D eigenvalue weighted by atomic mass is 9.91. The molecule has 0 radical (unpaired) electrons. The van der Waals surface area contributed by atoms with Crippen LogP contribution >= 0.6 is 11.6 Å². The van der Waals surface area contributed by atoms with E-state index in [-0.39, 0.29) is 23.6 Å². The van der Waals surface area contributed by atoms with E-state index in [0.717, 1.165) is 48.3 Å². The minimum atomic E-state index is -0.504. The van der Waals surface area contributed by atoms with E-state index in [1.165, 1.54) is 12.1 Å². The first-order chi connectivity index (χ1) is 16.9. The molecule has 1 saturated carbocycles. The topological polar surface area (TPSA) is 84.7 Å². The van der Waals surface area contributed by atoms with E-state index in [0.29, 0.717) is 16.5 Å². The highest BCUT2D eigenvalue weighted by Gasteiger charge is 2.25. The summed E-state index contributed by atoms with van der Waals surface area (Å²) in [7, 11) is 0. The lowest BCUT2D eigenvalue weighted by Crippen LogP contribution is -2.40. The third kappa shape index (κ3) is 4.71. The number of hydrogen-bond acceptors (Lipinski definition) is 5. The maximum Gasteiger partial charge on any atom is 0.254 e. The maximum absolute atomic E-state index is 13.9. The summed E-state index contributed by atoms with van der Waals surface area (Å²) in [6.45, 7) is 3.80. The number of aryl methyl sites for hydroxylation is 2. The van der Waals surface area contributed by atoms with Gasteiger partial charge >= 0.3 is 0 Å². The summed E-state index contributed by atoms with van der Waals surface area (Å²) in [6.07, 6.45) is 3.29. The third-order valence-corrected chi connectivity index (χ3v) is 6.74. The molecule has 0 atom stereocenters. The lowest BCUT2D eigenvalue weighted by Gasteiger charge is -2.30. The van der Waals surface area contributed by atoms with Gasteiger partial charge < -0.3 is 10.6 Å². The molecule has 2 aromatic heterocycles. The van der Waals surface area contributed by atoms with E-state index < -0.39 is 5.82 Å². The molecule has 1 fully saturated rings. The maximum atomic E-state index is 13.9. The summed E-state index contributed by atoms with van der Waals surface area (Å²) >= 11 is 6.43. The first-order valence-corrected chi connectivity index (χ1v) is 12.1. The predicted molar refractivity (Wildman–Crippen MR) is 135 cm³/mol. The molecule has 2 heterocycles. The summed E-state index contributed by atoms with van der Waals surface area (Å²) in [5, 5.41) is 12.7. The normalized spacial score (nSPS) is 17.9. The quantitative estimate of drug-likeness (QED) is 0.391. The second kappa shape index (κ2) is 9.62. The highest BCUT2D eigenvalue weighted by molar-refractivity contribution is 6.32. The number of aromatic nitrogens is 4. The molecular formula is C26H26ClFN6O. The number of benzene rings is 2. The molecule has 2 aromatic carbocycles. The summed E-state index contributed by atoms with van der Waals surface area (Å²) in [5.74, 6) is 0.521. The van der Waals surface area contributed by atoms with Gasteiger partial charge in [-0.05, 0) is 63.8 Å². The number of halogens is 2. The fraction of sp³-hybridized carbons (Fsp3) is 0.308. The van der Waals surface area contributed by atoms with Gasteiger partial charge in [0.25, 0.3) is 5.91 Å². The zero-order valence-corrected chi connectivity index (χ0v) is 20.3. The summed E-state index contributed by atoms with van der Waals surface area (Å²) in [4.78, 5) is 21.8. The van der Waals surface area contributed by atoms with Gasteiger partial charge in [-0.2, -0.15) is 5.10 Å². The van der Waals surface area contributed by atoms with Gasteiger partial charge in [0.1, 0.15) is 17.5 Å². The molecule has 0 saturated heterocycles. The molecule has 35 heavy (non-hydrogen) atoms. The first-order valence-electron chi connectivity index (χ1n) is 11.7. The van der Waals surface area contributed by atoms with Crippen LogP contribution in [-0.2, 0) is 0 Å². The van der Waals surface area contributed by atoms with Crippen molar-refractivity contribution in [1.82, 2.24) is 25.1 Å². The molecular weight excluding hydrogens is 467 g/mol. The van der Waals surface area contributed by atoms with E-state index in [4.69, 9.17) is 16.7 Å². The fourth-order valence-corrected chi connectivity index (χ4v) is 4.89. The molecule has 9 heteroatoms. The van der Waals surface area contributed by atoms with E-state index in [2.05, 4.69) is 20.6 Å². The molecule has 1 aliphatic carbocycles. The Labute approximate surface area is 207 Å². The number of anilines is 1. The van der Waals surface area contributed by atoms with Crippen LogP contribution in [0.3, 0.4) is 0 Å². The Kier molecular flexibility index (Phi) is 6.38. The third-order valence-electron chi connectivity index (χ3n) is 6.42. The van der Waals surface area contributed by atoms with E-state index >= 15 is 0 Å². The molecule has 0 bridgehead atoms. The van der Waals surface area contributed by atoms with Crippen molar-refractivity contribution in [3.05, 3.63) is 76.5 Å². The van der Waals surface area contributed by atoms with Crippen molar-refractivity contribution >= 4 is 34.4 Å². The molecule has 1 aliphatic rings. The number of fused-ring (bicyclic) bond motifs is 1. The molecule has 4 aromatic rings. The predicted octanol–water partition coefficient (Wildman–Crippen LogP) is 5.38. The van der Waals surface area contributed by atoms with Gasteiger partial charge in [-0.25, -0.2) is 19.0 Å². The second-order valence-electron chi connectivity index (χ2n) is 8.91. The van der Waals surface area contributed by atoms with Crippen molar-refractivity contribution in [2.45, 2.75) is 51.6 Å². The van der Waals surface area contributed by atoms with E-state index in [9.17, 15) is 9.18 Å². The van der Waals surface area contributed by atoms with Crippen LogP contribution in [0.4, 0.5) is 10.2 Å². The number of carbonyl (C=O) groups is 1. The molecule has 0 spiro atoms. The van der Waals surface area contributed by atoms with Crippen LogP contribution in [0.2, 0.25) is 5.02 Å². The van der Waals surface area contributed by atoms with Gasteiger partial charge in [0, 0.05) is 12.1 Å². The molecule has 2 N–H and O–H groups in total. The van der Waals surface area contributed by atoms with Crippen molar-refractivity contribution in [3.63, 3.8) is 0 Å². The van der Waals surface area contributed by atoms with Gasteiger partial charge in [0.15, 0.2) is 5.65 Å². The Morgan fingerprint density at radius 3 is 2.43 bits per heavy atom. The average Bonchev–Trinajstić information content (AvgIpc) is 3.16. The number of amides is 1. The Bertz CT molecular complexity index is 1400. The number of nitrogens with one attached hydrogen (secondary N) is 2. The van der Waals surface area contributed by atoms with Crippen molar-refractivity contribution < 1.29 is 9.18 Å². The zero-order valence-electron chi connectivity index (χ0n) is 19.6. The van der Waals surface area contributed by atoms with Crippen LogP contribution in [-0.4, -0.2) is 37.7 Å². The Morgan fingerprint density at radius 2 is 1.69 bits per heavy atom. The van der Waals surface area contributed by atoms with Crippen LogP contribution in [0.25, 0.3) is 16.7 Å². The summed E-state index contributed by atoms with van der Waals surface area (Å²) in [5.41, 5.74) is 2.37. The molecule has 180 valence electrons. The van der Waals surface area contributed by atoms with Crippen molar-refractivity contribution in [1.29, 1.82) is 0 Å². The van der Waals surface area contributed by atoms with Gasteiger partial charge in [0.2, 0.25) is 0 Å². The SMILES string of the molecule is Cc1nc(NC2CCC(NC(=O)c3ccccc3F)CC2)c2c(C)nn(-c3ccccc3Cl)c2n1. The largest absolute Gasteiger partial charge is 0.367 e. The molecule has 0 unspecified atom stereocenters. The Balaban J connectivity index is 1.32. The molecule has 5 rings (SSSR count). The van der Waals surface area contributed by atoms with Crippen molar-refractivity contribution in [2.24, 2.45) is 0 Å². The van der Waals surface area contributed by atoms with Gasteiger partial charge in [-0.15, -0.1) is 0 Å². The number of nitrogens with zero attached hydrogens (tertiary/aromatic N) is 4. The fourth-order valence-electron chi connectivity index (χ4n) is 4.67. The van der Waals surface area contributed by atoms with Crippen LogP contribution in [0.15, 0.2) is 48.5 Å². The van der Waals surface area contributed by atoms with E-state index in [1.807, 2.05) is 38.1 Å². The summed E-state index contributed by atoms with van der Waals surface area (Å²) in [6, 6.07) is 13.8. The average molecular weight is 493 g/mol. The van der Waals surface area contributed by atoms with Crippen molar-refractivity contribution in [2.75, 3.05) is 5.32 Å². The molecule has 1 amide bonds. The van der Waals surface area contributed by atoms with Crippen LogP contribution < -0.4 is 10.6 Å². The first kappa shape index (κ1) is 23.2. The number of rotatable bonds is 5. The van der Waals surface area contributed by atoms with Crippen molar-refractivity contribution in [3.8, 4) is 5.69 Å². The molecule has 0 aliphatic heterocycles. The van der Waals surface area contributed by atoms with Gasteiger partial charge in [-0.1, -0.05) is 35.9 Å². The van der Waals surface area contributed by atoms with Crippen LogP contribution in [0.5, 0.6) is 0 Å². The number of carbonyl (C=O) groups excluding carboxylic acids is 1. The highest BCUT2D eigenvalue weighted by atomic mass is 35.5. The van der Waals surface area contributed by atoms with Gasteiger partial charge in [-0.3, -0.25) is 4.79 Å². The zero-order chi connectivity index (χ0) is 24.5. The second-order valence-corrected chi connectivity index (χ2v) is 9.32. The highest BCUT2D eigenvalue weighted by Crippen LogP contribution is 2.31. The minimum absolute atomic E-state index is 0.0111. The monoisotopic (exact) mass is 492 g/mol. The lowest BCUT2D eigenvalue weighted by molar-refractivity contribution is 0.0922. The van der Waals surface area contributed by atoms with E-state index in [1.54, 1.807) is 16.8 Å². The van der Waals surface area contributed by atoms with Crippen LogP contribution in [0.1, 0.15) is 47.6 Å². The summed E-state index contributed by atoms with van der Waals surface area (Å²) < 4.78 is 15.7. The number of hydrogen-bond donors (Lipinski definition) is 2. The smallest absolute Gasteiger partial charge is 0.254 e. The minimum Gasteiger partial charge on any atom is -0.367 e.